The van der Waals surface area contributed by atoms with Gasteiger partial charge in [-0.3, -0.25) is 9.59 Å². The Balaban J connectivity index is 1.79. The average molecular weight is 360 g/mol. The van der Waals surface area contributed by atoms with E-state index < -0.39 is 5.91 Å². The molecule has 5 heteroatoms. The van der Waals surface area contributed by atoms with E-state index in [1.807, 2.05) is 43.3 Å². The highest BCUT2D eigenvalue weighted by atomic mass is 16.3. The maximum absolute atomic E-state index is 12.8. The maximum atomic E-state index is 12.8. The summed E-state index contributed by atoms with van der Waals surface area (Å²) in [6.45, 7) is 1.89. The van der Waals surface area contributed by atoms with Crippen molar-refractivity contribution in [3.63, 3.8) is 0 Å². The van der Waals surface area contributed by atoms with Crippen LogP contribution in [0.15, 0.2) is 89.2 Å². The van der Waals surface area contributed by atoms with E-state index in [0.29, 0.717) is 11.3 Å². The van der Waals surface area contributed by atoms with E-state index in [2.05, 4.69) is 10.6 Å². The molecule has 2 amide bonds. The zero-order valence-corrected chi connectivity index (χ0v) is 14.9. The molecule has 0 spiro atoms. The number of hydrogen-bond acceptors (Lipinski definition) is 3. The molecule has 0 aliphatic heterocycles. The molecule has 27 heavy (non-hydrogen) atoms. The summed E-state index contributed by atoms with van der Waals surface area (Å²) in [7, 11) is 0. The molecule has 0 radical (unpaired) electrons. The van der Waals surface area contributed by atoms with Gasteiger partial charge in [-0.2, -0.15) is 0 Å². The van der Waals surface area contributed by atoms with Crippen molar-refractivity contribution in [3.8, 4) is 0 Å². The van der Waals surface area contributed by atoms with Crippen LogP contribution in [0.25, 0.3) is 6.08 Å². The summed E-state index contributed by atoms with van der Waals surface area (Å²) in [5.41, 5.74) is 1.55. The van der Waals surface area contributed by atoms with Crippen LogP contribution in [0.3, 0.4) is 0 Å². The summed E-state index contributed by atoms with van der Waals surface area (Å²) in [6, 6.07) is 21.5. The van der Waals surface area contributed by atoms with Crippen LogP contribution in [0.2, 0.25) is 0 Å². The highest BCUT2D eigenvalue weighted by Gasteiger charge is 2.17. The largest absolute Gasteiger partial charge is 0.465 e. The fourth-order valence-electron chi connectivity index (χ4n) is 2.56. The van der Waals surface area contributed by atoms with Crippen molar-refractivity contribution in [2.45, 2.75) is 13.0 Å². The lowest BCUT2D eigenvalue weighted by molar-refractivity contribution is -0.118. The molecule has 0 bridgehead atoms. The Kier molecular flexibility index (Phi) is 5.84. The fraction of sp³-hybridized carbons (Fsp3) is 0.0909. The highest BCUT2D eigenvalue weighted by molar-refractivity contribution is 6.05. The standard InChI is InChI=1S/C22H20N2O3/c1-16(17-9-4-2-5-10-17)23-22(26)20(15-19-13-8-14-27-19)24-21(25)18-11-6-3-7-12-18/h2-16H,1H3,(H,23,26)(H,24,25)/b20-15-/t16-/m0/s1. The van der Waals surface area contributed by atoms with Crippen molar-refractivity contribution in [2.75, 3.05) is 0 Å². The Labute approximate surface area is 157 Å². The Morgan fingerprint density at radius 1 is 0.926 bits per heavy atom. The van der Waals surface area contributed by atoms with Crippen LogP contribution in [0.5, 0.6) is 0 Å². The van der Waals surface area contributed by atoms with Crippen molar-refractivity contribution >= 4 is 17.9 Å². The summed E-state index contributed by atoms with van der Waals surface area (Å²) < 4.78 is 5.28. The molecule has 0 aliphatic carbocycles. The normalized spacial score (nSPS) is 12.3. The van der Waals surface area contributed by atoms with Crippen LogP contribution in [-0.4, -0.2) is 11.8 Å². The molecule has 136 valence electrons. The highest BCUT2D eigenvalue weighted by Crippen LogP contribution is 2.13. The van der Waals surface area contributed by atoms with Crippen LogP contribution >= 0.6 is 0 Å². The van der Waals surface area contributed by atoms with Crippen LogP contribution in [0.1, 0.15) is 34.6 Å². The van der Waals surface area contributed by atoms with Gasteiger partial charge in [0.2, 0.25) is 0 Å². The summed E-state index contributed by atoms with van der Waals surface area (Å²) in [4.78, 5) is 25.3. The quantitative estimate of drug-likeness (QED) is 0.654. The summed E-state index contributed by atoms with van der Waals surface area (Å²) in [5.74, 6) is -0.288. The second-order valence-electron chi connectivity index (χ2n) is 6.00. The average Bonchev–Trinajstić information content (AvgIpc) is 3.22. The summed E-state index contributed by atoms with van der Waals surface area (Å²) in [6.07, 6.45) is 3.01. The van der Waals surface area contributed by atoms with Gasteiger partial charge in [-0.1, -0.05) is 48.5 Å². The first-order valence-electron chi connectivity index (χ1n) is 8.61. The minimum Gasteiger partial charge on any atom is -0.465 e. The molecule has 0 aliphatic rings. The third kappa shape index (κ3) is 4.95. The SMILES string of the molecule is C[C@H](NC(=O)/C(=C/c1ccco1)NC(=O)c1ccccc1)c1ccccc1. The predicted octanol–water partition coefficient (Wildman–Crippen LogP) is 3.93. The molecule has 2 N–H and O–H groups in total. The zero-order chi connectivity index (χ0) is 19.1. The van der Waals surface area contributed by atoms with Gasteiger partial charge < -0.3 is 15.1 Å². The van der Waals surface area contributed by atoms with Gasteiger partial charge >= 0.3 is 0 Å². The molecule has 5 nitrogen and oxygen atoms in total. The van der Waals surface area contributed by atoms with E-state index in [0.717, 1.165) is 5.56 Å². The Bertz CT molecular complexity index is 917. The van der Waals surface area contributed by atoms with Crippen molar-refractivity contribution in [1.82, 2.24) is 10.6 Å². The van der Waals surface area contributed by atoms with E-state index in [1.54, 1.807) is 36.4 Å². The molecule has 0 fully saturated rings. The summed E-state index contributed by atoms with van der Waals surface area (Å²) >= 11 is 0. The lowest BCUT2D eigenvalue weighted by Crippen LogP contribution is -2.36. The second kappa shape index (κ2) is 8.67. The van der Waals surface area contributed by atoms with E-state index >= 15 is 0 Å². The molecular formula is C22H20N2O3. The van der Waals surface area contributed by atoms with Crippen LogP contribution in [0.4, 0.5) is 0 Å². The third-order valence-electron chi connectivity index (χ3n) is 4.01. The Morgan fingerprint density at radius 3 is 2.22 bits per heavy atom. The van der Waals surface area contributed by atoms with Gasteiger partial charge in [-0.25, -0.2) is 0 Å². The van der Waals surface area contributed by atoms with Crippen molar-refractivity contribution in [3.05, 3.63) is 102 Å². The number of nitrogens with one attached hydrogen (secondary N) is 2. The number of rotatable bonds is 6. The minimum atomic E-state index is -0.396. The smallest absolute Gasteiger partial charge is 0.268 e. The van der Waals surface area contributed by atoms with Gasteiger partial charge in [-0.15, -0.1) is 0 Å². The number of furan rings is 1. The second-order valence-corrected chi connectivity index (χ2v) is 6.00. The number of amides is 2. The van der Waals surface area contributed by atoms with Gasteiger partial charge in [0.05, 0.1) is 12.3 Å². The van der Waals surface area contributed by atoms with Crippen molar-refractivity contribution in [1.29, 1.82) is 0 Å². The molecule has 2 aromatic carbocycles. The number of carbonyl (C=O) groups excluding carboxylic acids is 2. The fourth-order valence-corrected chi connectivity index (χ4v) is 2.56. The lowest BCUT2D eigenvalue weighted by atomic mass is 10.1. The predicted molar refractivity (Wildman–Crippen MR) is 104 cm³/mol. The van der Waals surface area contributed by atoms with Gasteiger partial charge in [0, 0.05) is 11.6 Å². The van der Waals surface area contributed by atoms with E-state index in [1.165, 1.54) is 12.3 Å². The lowest BCUT2D eigenvalue weighted by Gasteiger charge is -2.16. The van der Waals surface area contributed by atoms with Crippen LogP contribution in [0, 0.1) is 0 Å². The minimum absolute atomic E-state index is 0.113. The van der Waals surface area contributed by atoms with Crippen LogP contribution in [-0.2, 0) is 4.79 Å². The van der Waals surface area contributed by atoms with Gasteiger partial charge in [-0.05, 0) is 36.8 Å². The number of benzene rings is 2. The first kappa shape index (κ1) is 18.2. The topological polar surface area (TPSA) is 71.3 Å². The van der Waals surface area contributed by atoms with Crippen molar-refractivity contribution < 1.29 is 14.0 Å². The molecule has 0 saturated heterocycles. The number of carbonyl (C=O) groups is 2. The van der Waals surface area contributed by atoms with E-state index in [4.69, 9.17) is 4.42 Å². The molecular weight excluding hydrogens is 340 g/mol. The molecule has 3 rings (SSSR count). The Morgan fingerprint density at radius 2 is 1.59 bits per heavy atom. The molecule has 0 unspecified atom stereocenters. The molecule has 1 aromatic heterocycles. The Hall–Kier alpha value is -3.60. The van der Waals surface area contributed by atoms with Gasteiger partial charge in [0.25, 0.3) is 11.8 Å². The first-order valence-corrected chi connectivity index (χ1v) is 8.61. The first-order chi connectivity index (χ1) is 13.1. The molecule has 1 atom stereocenters. The summed E-state index contributed by atoms with van der Waals surface area (Å²) in [5, 5.41) is 5.58. The van der Waals surface area contributed by atoms with Crippen molar-refractivity contribution in [2.24, 2.45) is 0 Å². The number of hydrogen-bond donors (Lipinski definition) is 2. The zero-order valence-electron chi connectivity index (χ0n) is 14.9. The van der Waals surface area contributed by atoms with Gasteiger partial charge in [0.15, 0.2) is 0 Å². The maximum Gasteiger partial charge on any atom is 0.268 e. The van der Waals surface area contributed by atoms with Gasteiger partial charge in [0.1, 0.15) is 11.5 Å². The monoisotopic (exact) mass is 360 g/mol. The molecule has 1 heterocycles. The molecule has 0 saturated carbocycles. The van der Waals surface area contributed by atoms with E-state index in [-0.39, 0.29) is 17.6 Å². The molecule has 3 aromatic rings. The third-order valence-corrected chi connectivity index (χ3v) is 4.01. The van der Waals surface area contributed by atoms with Crippen LogP contribution < -0.4 is 10.6 Å². The van der Waals surface area contributed by atoms with E-state index in [9.17, 15) is 9.59 Å².